The van der Waals surface area contributed by atoms with Crippen LogP contribution < -0.4 is 16.4 Å². The van der Waals surface area contributed by atoms with Gasteiger partial charge in [0.15, 0.2) is 0 Å². The molecule has 1 saturated carbocycles. The molecule has 0 aliphatic heterocycles. The molecule has 0 bridgehead atoms. The molecule has 1 heterocycles. The maximum atomic E-state index is 12.6. The maximum absolute atomic E-state index is 12.6. The van der Waals surface area contributed by atoms with E-state index in [1.54, 1.807) is 18.2 Å². The highest BCUT2D eigenvalue weighted by atomic mass is 35.5. The summed E-state index contributed by atoms with van der Waals surface area (Å²) in [5.41, 5.74) is 8.05. The SMILES string of the molecule is NC[C@]1(c2cccc(Cl)c2)CC[C@H](n2nc(-c3cccc(S(N)(=O)=O)c3)ccc2=O)CC1. The van der Waals surface area contributed by atoms with E-state index in [1.807, 2.05) is 18.2 Å². The first-order chi connectivity index (χ1) is 15.2. The molecule has 0 unspecified atom stereocenters. The van der Waals surface area contributed by atoms with Gasteiger partial charge in [0, 0.05) is 28.6 Å². The first kappa shape index (κ1) is 22.7. The van der Waals surface area contributed by atoms with Crippen molar-refractivity contribution >= 4 is 21.6 Å². The van der Waals surface area contributed by atoms with Gasteiger partial charge in [-0.3, -0.25) is 4.79 Å². The zero-order valence-corrected chi connectivity index (χ0v) is 19.0. The third-order valence-corrected chi connectivity index (χ3v) is 7.52. The summed E-state index contributed by atoms with van der Waals surface area (Å²) >= 11 is 6.20. The average Bonchev–Trinajstić information content (AvgIpc) is 2.79. The van der Waals surface area contributed by atoms with Gasteiger partial charge in [0.2, 0.25) is 10.0 Å². The zero-order valence-electron chi connectivity index (χ0n) is 17.4. The summed E-state index contributed by atoms with van der Waals surface area (Å²) in [5, 5.41) is 10.5. The minimum absolute atomic E-state index is 0.00136. The van der Waals surface area contributed by atoms with Gasteiger partial charge in [-0.2, -0.15) is 5.10 Å². The van der Waals surface area contributed by atoms with Crippen molar-refractivity contribution in [3.05, 3.63) is 81.6 Å². The molecule has 0 saturated heterocycles. The van der Waals surface area contributed by atoms with Gasteiger partial charge < -0.3 is 5.73 Å². The molecule has 1 aromatic heterocycles. The predicted molar refractivity (Wildman–Crippen MR) is 125 cm³/mol. The molecule has 4 rings (SSSR count). The number of hydrogen-bond acceptors (Lipinski definition) is 5. The molecule has 2 aromatic carbocycles. The lowest BCUT2D eigenvalue weighted by atomic mass is 9.68. The van der Waals surface area contributed by atoms with Crippen LogP contribution in [0.25, 0.3) is 11.3 Å². The molecule has 1 aliphatic carbocycles. The predicted octanol–water partition coefficient (Wildman–Crippen LogP) is 3.22. The van der Waals surface area contributed by atoms with Crippen LogP contribution in [0.5, 0.6) is 0 Å². The molecule has 7 nitrogen and oxygen atoms in total. The van der Waals surface area contributed by atoms with Crippen molar-refractivity contribution in [3.63, 3.8) is 0 Å². The third kappa shape index (κ3) is 4.49. The van der Waals surface area contributed by atoms with E-state index in [9.17, 15) is 13.2 Å². The molecular weight excluding hydrogens is 448 g/mol. The third-order valence-electron chi connectivity index (χ3n) is 6.37. The topological polar surface area (TPSA) is 121 Å². The first-order valence-electron chi connectivity index (χ1n) is 10.4. The summed E-state index contributed by atoms with van der Waals surface area (Å²) in [6.45, 7) is 0.503. The highest BCUT2D eigenvalue weighted by molar-refractivity contribution is 7.89. The van der Waals surface area contributed by atoms with Gasteiger partial charge >= 0.3 is 0 Å². The molecule has 0 radical (unpaired) electrons. The lowest BCUT2D eigenvalue weighted by molar-refractivity contribution is 0.222. The second kappa shape index (κ2) is 8.78. The standard InChI is InChI=1S/C23H25ClN4O3S/c24-18-5-2-4-17(14-18)23(15-25)11-9-19(10-12-23)28-22(29)8-7-21(27-28)16-3-1-6-20(13-16)32(26,30)31/h1-8,13-14,19H,9-12,15,25H2,(H2,26,30,31)/t19-,23-. The number of halogens is 1. The Bertz CT molecular complexity index is 1300. The zero-order chi connectivity index (χ0) is 22.9. The first-order valence-corrected chi connectivity index (χ1v) is 12.3. The fraction of sp³-hybridized carbons (Fsp3) is 0.304. The summed E-state index contributed by atoms with van der Waals surface area (Å²) in [7, 11) is -3.84. The van der Waals surface area contributed by atoms with Crippen LogP contribution in [0, 0.1) is 0 Å². The fourth-order valence-corrected chi connectivity index (χ4v) is 5.25. The van der Waals surface area contributed by atoms with Crippen LogP contribution in [0.15, 0.2) is 70.4 Å². The smallest absolute Gasteiger partial charge is 0.267 e. The highest BCUT2D eigenvalue weighted by Gasteiger charge is 2.37. The summed E-state index contributed by atoms with van der Waals surface area (Å²) in [4.78, 5) is 12.6. The molecule has 1 fully saturated rings. The Hall–Kier alpha value is -2.52. The van der Waals surface area contributed by atoms with E-state index < -0.39 is 10.0 Å². The maximum Gasteiger partial charge on any atom is 0.267 e. The number of benzene rings is 2. The van der Waals surface area contributed by atoms with Gasteiger partial charge in [-0.1, -0.05) is 35.9 Å². The quantitative estimate of drug-likeness (QED) is 0.590. The number of sulfonamides is 1. The fourth-order valence-electron chi connectivity index (χ4n) is 4.50. The van der Waals surface area contributed by atoms with Crippen molar-refractivity contribution < 1.29 is 8.42 Å². The number of rotatable bonds is 5. The number of nitrogens with two attached hydrogens (primary N) is 2. The number of aromatic nitrogens is 2. The van der Waals surface area contributed by atoms with E-state index in [1.165, 1.54) is 22.9 Å². The molecule has 0 amide bonds. The number of nitrogens with zero attached hydrogens (tertiary/aromatic N) is 2. The van der Waals surface area contributed by atoms with Gasteiger partial charge in [0.1, 0.15) is 0 Å². The van der Waals surface area contributed by atoms with Crippen LogP contribution in [0.2, 0.25) is 5.02 Å². The lowest BCUT2D eigenvalue weighted by Crippen LogP contribution is -2.41. The van der Waals surface area contributed by atoms with Crippen LogP contribution in [0.1, 0.15) is 37.3 Å². The summed E-state index contributed by atoms with van der Waals surface area (Å²) in [6.07, 6.45) is 3.12. The molecule has 9 heteroatoms. The van der Waals surface area contributed by atoms with Crippen molar-refractivity contribution in [2.75, 3.05) is 6.54 Å². The second-order valence-electron chi connectivity index (χ2n) is 8.30. The van der Waals surface area contributed by atoms with E-state index in [-0.39, 0.29) is 21.9 Å². The average molecular weight is 473 g/mol. The molecule has 168 valence electrons. The molecular formula is C23H25ClN4O3S. The second-order valence-corrected chi connectivity index (χ2v) is 10.3. The summed E-state index contributed by atoms with van der Waals surface area (Å²) in [6, 6.07) is 17.0. The lowest BCUT2D eigenvalue weighted by Gasteiger charge is -2.40. The summed E-state index contributed by atoms with van der Waals surface area (Å²) < 4.78 is 24.9. The largest absolute Gasteiger partial charge is 0.330 e. The normalized spacial score (nSPS) is 21.4. The summed E-state index contributed by atoms with van der Waals surface area (Å²) in [5.74, 6) is 0. The Morgan fingerprint density at radius 2 is 1.78 bits per heavy atom. The van der Waals surface area contributed by atoms with Crippen LogP contribution in [-0.2, 0) is 15.4 Å². The number of primary sulfonamides is 1. The minimum atomic E-state index is -3.84. The molecule has 3 aromatic rings. The molecule has 4 N–H and O–H groups in total. The Balaban J connectivity index is 1.62. The molecule has 0 atom stereocenters. The molecule has 1 aliphatic rings. The Kier molecular flexibility index (Phi) is 6.22. The minimum Gasteiger partial charge on any atom is -0.330 e. The van der Waals surface area contributed by atoms with Crippen molar-refractivity contribution in [1.82, 2.24) is 9.78 Å². The van der Waals surface area contributed by atoms with Crippen molar-refractivity contribution in [2.24, 2.45) is 10.9 Å². The van der Waals surface area contributed by atoms with Crippen molar-refractivity contribution in [2.45, 2.75) is 42.0 Å². The van der Waals surface area contributed by atoms with Crippen LogP contribution in [0.3, 0.4) is 0 Å². The van der Waals surface area contributed by atoms with Gasteiger partial charge in [-0.15, -0.1) is 0 Å². The van der Waals surface area contributed by atoms with Gasteiger partial charge in [0.25, 0.3) is 5.56 Å². The van der Waals surface area contributed by atoms with Crippen LogP contribution in [0.4, 0.5) is 0 Å². The van der Waals surface area contributed by atoms with Crippen molar-refractivity contribution in [1.29, 1.82) is 0 Å². The van der Waals surface area contributed by atoms with E-state index in [4.69, 9.17) is 22.5 Å². The monoisotopic (exact) mass is 472 g/mol. The van der Waals surface area contributed by atoms with Gasteiger partial charge in [0.05, 0.1) is 16.6 Å². The van der Waals surface area contributed by atoms with Gasteiger partial charge in [-0.05, 0) is 61.6 Å². The molecule has 0 spiro atoms. The Morgan fingerprint density at radius 3 is 2.44 bits per heavy atom. The van der Waals surface area contributed by atoms with E-state index in [0.717, 1.165) is 31.2 Å². The van der Waals surface area contributed by atoms with Crippen molar-refractivity contribution in [3.8, 4) is 11.3 Å². The van der Waals surface area contributed by atoms with Gasteiger partial charge in [-0.25, -0.2) is 18.2 Å². The van der Waals surface area contributed by atoms with E-state index in [2.05, 4.69) is 11.2 Å². The van der Waals surface area contributed by atoms with Crippen LogP contribution >= 0.6 is 11.6 Å². The Morgan fingerprint density at radius 1 is 1.06 bits per heavy atom. The van der Waals surface area contributed by atoms with E-state index >= 15 is 0 Å². The Labute approximate surface area is 192 Å². The molecule has 32 heavy (non-hydrogen) atoms. The number of hydrogen-bond donors (Lipinski definition) is 2. The van der Waals surface area contributed by atoms with E-state index in [0.29, 0.717) is 22.8 Å². The van der Waals surface area contributed by atoms with Crippen LogP contribution in [-0.4, -0.2) is 24.7 Å². The highest BCUT2D eigenvalue weighted by Crippen LogP contribution is 2.42.